The van der Waals surface area contributed by atoms with Crippen molar-refractivity contribution in [3.8, 4) is 5.75 Å². The van der Waals surface area contributed by atoms with Gasteiger partial charge in [-0.1, -0.05) is 6.07 Å². The molecule has 2 aromatic carbocycles. The van der Waals surface area contributed by atoms with Crippen LogP contribution in [0.1, 0.15) is 27.6 Å². The minimum Gasteiger partial charge on any atom is -0.497 e. The summed E-state index contributed by atoms with van der Waals surface area (Å²) < 4.78 is 10.1. The number of carbonyl (C=O) groups excluding carboxylic acids is 2. The van der Waals surface area contributed by atoms with E-state index >= 15 is 0 Å². The molecule has 0 aliphatic carbocycles. The Morgan fingerprint density at radius 1 is 1.12 bits per heavy atom. The second-order valence-corrected chi connectivity index (χ2v) is 7.53. The molecule has 1 aliphatic rings. The Morgan fingerprint density at radius 2 is 1.85 bits per heavy atom. The third-order valence-electron chi connectivity index (χ3n) is 5.14. The van der Waals surface area contributed by atoms with Gasteiger partial charge in [-0.3, -0.25) is 20.2 Å². The van der Waals surface area contributed by atoms with Crippen molar-refractivity contribution < 1.29 is 24.0 Å². The number of nitro benzene ring substituents is 1. The van der Waals surface area contributed by atoms with Crippen LogP contribution in [0, 0.1) is 10.1 Å². The Morgan fingerprint density at radius 3 is 2.48 bits per heavy atom. The number of hydrogen-bond acceptors (Lipinski definition) is 8. The molecule has 33 heavy (non-hydrogen) atoms. The Hall–Kier alpha value is -3.73. The summed E-state index contributed by atoms with van der Waals surface area (Å²) in [6.45, 7) is 3.69. The van der Waals surface area contributed by atoms with Gasteiger partial charge in [0.15, 0.2) is 5.11 Å². The summed E-state index contributed by atoms with van der Waals surface area (Å²) in [5, 5.41) is 14.6. The molecule has 1 heterocycles. The van der Waals surface area contributed by atoms with Crippen LogP contribution in [0.15, 0.2) is 42.5 Å². The number of nitrogens with zero attached hydrogens (tertiary/aromatic N) is 3. The number of hydrogen-bond donors (Lipinski definition) is 1. The van der Waals surface area contributed by atoms with Crippen molar-refractivity contribution in [1.82, 2.24) is 10.2 Å². The summed E-state index contributed by atoms with van der Waals surface area (Å²) in [5.74, 6) is -0.377. The molecular weight excluding hydrogens is 448 g/mol. The van der Waals surface area contributed by atoms with E-state index in [0.29, 0.717) is 43.2 Å². The van der Waals surface area contributed by atoms with E-state index in [-0.39, 0.29) is 28.9 Å². The van der Waals surface area contributed by atoms with Crippen LogP contribution in [-0.2, 0) is 4.74 Å². The van der Waals surface area contributed by atoms with Crippen molar-refractivity contribution in [1.29, 1.82) is 0 Å². The number of anilines is 1. The zero-order valence-electron chi connectivity index (χ0n) is 18.3. The van der Waals surface area contributed by atoms with Crippen LogP contribution in [0.3, 0.4) is 0 Å². The third kappa shape index (κ3) is 5.75. The maximum Gasteiger partial charge on any atom is 0.338 e. The second-order valence-electron chi connectivity index (χ2n) is 7.15. The molecule has 1 aliphatic heterocycles. The van der Waals surface area contributed by atoms with Crippen molar-refractivity contribution in [3.63, 3.8) is 0 Å². The fourth-order valence-electron chi connectivity index (χ4n) is 3.44. The van der Waals surface area contributed by atoms with Crippen LogP contribution >= 0.6 is 12.2 Å². The molecule has 0 unspecified atom stereocenters. The quantitative estimate of drug-likeness (QED) is 0.293. The van der Waals surface area contributed by atoms with Crippen LogP contribution in [0.4, 0.5) is 11.4 Å². The maximum absolute atomic E-state index is 12.5. The molecule has 1 saturated heterocycles. The zero-order valence-corrected chi connectivity index (χ0v) is 19.1. The minimum absolute atomic E-state index is 0.132. The SMILES string of the molecule is CCOC(=O)c1ccc(N2CCN(C(=S)NC(=O)c3cccc(OC)c3)CC2)c([N+](=O)[O-])c1. The number of rotatable bonds is 6. The third-order valence-corrected chi connectivity index (χ3v) is 5.50. The highest BCUT2D eigenvalue weighted by Gasteiger charge is 2.26. The van der Waals surface area contributed by atoms with Gasteiger partial charge in [0, 0.05) is 37.8 Å². The Labute approximate surface area is 196 Å². The predicted molar refractivity (Wildman–Crippen MR) is 126 cm³/mol. The number of amides is 1. The van der Waals surface area contributed by atoms with E-state index in [9.17, 15) is 19.7 Å². The van der Waals surface area contributed by atoms with Crippen LogP contribution in [0.25, 0.3) is 0 Å². The van der Waals surface area contributed by atoms with E-state index < -0.39 is 10.9 Å². The predicted octanol–water partition coefficient (Wildman–Crippen LogP) is 2.62. The lowest BCUT2D eigenvalue weighted by atomic mass is 10.1. The van der Waals surface area contributed by atoms with E-state index in [1.54, 1.807) is 37.3 Å². The summed E-state index contributed by atoms with van der Waals surface area (Å²) in [6.07, 6.45) is 0. The zero-order chi connectivity index (χ0) is 24.0. The molecule has 2 aromatic rings. The molecule has 11 heteroatoms. The smallest absolute Gasteiger partial charge is 0.338 e. The molecule has 1 fully saturated rings. The first kappa shape index (κ1) is 23.9. The normalized spacial score (nSPS) is 13.3. The maximum atomic E-state index is 12.5. The molecular formula is C22H24N4O6S. The number of methoxy groups -OCH3 is 1. The van der Waals surface area contributed by atoms with Crippen LogP contribution in [0.5, 0.6) is 5.75 Å². The van der Waals surface area contributed by atoms with Crippen molar-refractivity contribution in [3.05, 3.63) is 63.7 Å². The van der Waals surface area contributed by atoms with Gasteiger partial charge in [0.2, 0.25) is 0 Å². The van der Waals surface area contributed by atoms with Crippen LogP contribution in [-0.4, -0.2) is 66.7 Å². The highest BCUT2D eigenvalue weighted by Crippen LogP contribution is 2.30. The van der Waals surface area contributed by atoms with Gasteiger partial charge in [0.05, 0.1) is 24.2 Å². The lowest BCUT2D eigenvalue weighted by Gasteiger charge is -2.37. The molecule has 0 saturated carbocycles. The number of nitrogens with one attached hydrogen (secondary N) is 1. The number of esters is 1. The summed E-state index contributed by atoms with van der Waals surface area (Å²) in [4.78, 5) is 39.2. The number of carbonyl (C=O) groups is 2. The molecule has 1 amide bonds. The van der Waals surface area contributed by atoms with E-state index in [0.717, 1.165) is 0 Å². The molecule has 0 bridgehead atoms. The van der Waals surface area contributed by atoms with Crippen LogP contribution < -0.4 is 15.0 Å². The lowest BCUT2D eigenvalue weighted by molar-refractivity contribution is -0.384. The topological polar surface area (TPSA) is 114 Å². The van der Waals surface area contributed by atoms with Crippen molar-refractivity contribution in [2.75, 3.05) is 44.8 Å². The van der Waals surface area contributed by atoms with Gasteiger partial charge in [-0.2, -0.15) is 0 Å². The first-order valence-corrected chi connectivity index (χ1v) is 10.7. The number of benzene rings is 2. The minimum atomic E-state index is -0.603. The van der Waals surface area contributed by atoms with Gasteiger partial charge in [-0.25, -0.2) is 4.79 Å². The molecule has 0 spiro atoms. The van der Waals surface area contributed by atoms with Gasteiger partial charge in [0.25, 0.3) is 11.6 Å². The molecule has 0 aromatic heterocycles. The van der Waals surface area contributed by atoms with Gasteiger partial charge in [0.1, 0.15) is 11.4 Å². The summed E-state index contributed by atoms with van der Waals surface area (Å²) >= 11 is 5.39. The lowest BCUT2D eigenvalue weighted by Crippen LogP contribution is -2.52. The fraction of sp³-hybridized carbons (Fsp3) is 0.318. The van der Waals surface area contributed by atoms with Crippen molar-refractivity contribution in [2.45, 2.75) is 6.92 Å². The number of piperazine rings is 1. The summed E-state index contributed by atoms with van der Waals surface area (Å²) in [6, 6.07) is 11.1. The molecule has 0 atom stereocenters. The Balaban J connectivity index is 1.64. The molecule has 3 rings (SSSR count). The largest absolute Gasteiger partial charge is 0.497 e. The average molecular weight is 473 g/mol. The molecule has 174 valence electrons. The molecule has 1 N–H and O–H groups in total. The van der Waals surface area contributed by atoms with Crippen molar-refractivity contribution >= 4 is 40.6 Å². The highest BCUT2D eigenvalue weighted by molar-refractivity contribution is 7.80. The van der Waals surface area contributed by atoms with Gasteiger partial charge in [-0.15, -0.1) is 0 Å². The number of ether oxygens (including phenoxy) is 2. The van der Waals surface area contributed by atoms with Gasteiger partial charge >= 0.3 is 5.97 Å². The van der Waals surface area contributed by atoms with E-state index in [1.165, 1.54) is 19.2 Å². The average Bonchev–Trinajstić information content (AvgIpc) is 2.83. The number of nitro groups is 1. The van der Waals surface area contributed by atoms with Gasteiger partial charge < -0.3 is 19.3 Å². The fourth-order valence-corrected chi connectivity index (χ4v) is 3.72. The van der Waals surface area contributed by atoms with E-state index in [4.69, 9.17) is 21.7 Å². The highest BCUT2D eigenvalue weighted by atomic mass is 32.1. The monoisotopic (exact) mass is 472 g/mol. The Bertz CT molecular complexity index is 1070. The summed E-state index contributed by atoms with van der Waals surface area (Å²) in [5.41, 5.74) is 0.807. The second kappa shape index (κ2) is 10.7. The summed E-state index contributed by atoms with van der Waals surface area (Å²) in [7, 11) is 1.52. The van der Waals surface area contributed by atoms with Gasteiger partial charge in [-0.05, 0) is 49.5 Å². The van der Waals surface area contributed by atoms with E-state index in [1.807, 2.05) is 9.80 Å². The van der Waals surface area contributed by atoms with Crippen LogP contribution in [0.2, 0.25) is 0 Å². The Kier molecular flexibility index (Phi) is 7.78. The molecule has 10 nitrogen and oxygen atoms in total. The van der Waals surface area contributed by atoms with Crippen molar-refractivity contribution in [2.24, 2.45) is 0 Å². The first-order chi connectivity index (χ1) is 15.8. The standard InChI is InChI=1S/C22H24N4O6S/c1-3-32-21(28)16-7-8-18(19(14-16)26(29)30)24-9-11-25(12-10-24)22(33)23-20(27)15-5-4-6-17(13-15)31-2/h4-8,13-14H,3,9-12H2,1-2H3,(H,23,27,33). The molecule has 0 radical (unpaired) electrons. The first-order valence-electron chi connectivity index (χ1n) is 10.3. The van der Waals surface area contributed by atoms with E-state index in [2.05, 4.69) is 5.32 Å². The number of thiocarbonyl (C=S) groups is 1.